The molecule has 5 heteroatoms. The van der Waals surface area contributed by atoms with E-state index >= 15 is 0 Å². The summed E-state index contributed by atoms with van der Waals surface area (Å²) in [6, 6.07) is 9.41. The molecule has 86 valence electrons. The summed E-state index contributed by atoms with van der Waals surface area (Å²) in [5.41, 5.74) is 8.96. The monoisotopic (exact) mass is 228 g/mol. The van der Waals surface area contributed by atoms with Gasteiger partial charge in [0.1, 0.15) is 12.0 Å². The van der Waals surface area contributed by atoms with Gasteiger partial charge in [0.05, 0.1) is 19.0 Å². The summed E-state index contributed by atoms with van der Waals surface area (Å²) in [6.07, 6.45) is 1.84. The molecule has 0 radical (unpaired) electrons. The van der Waals surface area contributed by atoms with Gasteiger partial charge in [-0.05, 0) is 23.8 Å². The topological polar surface area (TPSA) is 87.9 Å². The van der Waals surface area contributed by atoms with Crippen LogP contribution in [0.2, 0.25) is 0 Å². The van der Waals surface area contributed by atoms with Crippen LogP contribution in [0.1, 0.15) is 11.3 Å². The van der Waals surface area contributed by atoms with Crippen molar-refractivity contribution in [1.29, 1.82) is 5.26 Å². The van der Waals surface area contributed by atoms with Gasteiger partial charge >= 0.3 is 0 Å². The van der Waals surface area contributed by atoms with Crippen molar-refractivity contribution in [2.45, 2.75) is 13.0 Å². The van der Waals surface area contributed by atoms with Gasteiger partial charge in [-0.3, -0.25) is 0 Å². The fourth-order valence-corrected chi connectivity index (χ4v) is 1.48. The molecular weight excluding hydrogens is 216 g/mol. The summed E-state index contributed by atoms with van der Waals surface area (Å²) in [7, 11) is 0. The number of anilines is 2. The van der Waals surface area contributed by atoms with Crippen molar-refractivity contribution in [2.75, 3.05) is 11.1 Å². The van der Waals surface area contributed by atoms with E-state index in [4.69, 9.17) is 15.5 Å². The Hall–Kier alpha value is -2.48. The van der Waals surface area contributed by atoms with Gasteiger partial charge in [-0.25, -0.2) is 0 Å². The summed E-state index contributed by atoms with van der Waals surface area (Å²) in [5, 5.41) is 15.6. The summed E-state index contributed by atoms with van der Waals surface area (Å²) in [5.74, 6) is 0. The molecule has 0 unspecified atom stereocenters. The van der Waals surface area contributed by atoms with Gasteiger partial charge in [0.15, 0.2) is 0 Å². The minimum absolute atomic E-state index is 0.311. The number of rotatable bonds is 4. The zero-order valence-corrected chi connectivity index (χ0v) is 9.18. The van der Waals surface area contributed by atoms with Crippen LogP contribution in [0.4, 0.5) is 11.4 Å². The summed E-state index contributed by atoms with van der Waals surface area (Å²) < 4.78 is 4.73. The largest absolute Gasteiger partial charge is 0.398 e. The van der Waals surface area contributed by atoms with E-state index in [0.29, 0.717) is 18.7 Å². The number of aromatic nitrogens is 1. The number of nitrogens with one attached hydrogen (secondary N) is 1. The highest BCUT2D eigenvalue weighted by Gasteiger charge is 2.01. The first kappa shape index (κ1) is 11.0. The van der Waals surface area contributed by atoms with Gasteiger partial charge < -0.3 is 15.6 Å². The zero-order valence-electron chi connectivity index (χ0n) is 9.18. The van der Waals surface area contributed by atoms with E-state index in [1.807, 2.05) is 12.1 Å². The summed E-state index contributed by atoms with van der Waals surface area (Å²) in [4.78, 5) is 0. The minimum atomic E-state index is 0.311. The van der Waals surface area contributed by atoms with Crippen molar-refractivity contribution in [1.82, 2.24) is 5.16 Å². The second-order valence-electron chi connectivity index (χ2n) is 3.59. The third-order valence-corrected chi connectivity index (χ3v) is 2.38. The molecule has 0 aliphatic heterocycles. The van der Waals surface area contributed by atoms with Crippen LogP contribution in [-0.2, 0) is 13.0 Å². The molecule has 0 aliphatic rings. The quantitative estimate of drug-likeness (QED) is 0.780. The molecule has 1 heterocycles. The molecule has 0 spiro atoms. The number of hydrogen-bond donors (Lipinski definition) is 2. The number of hydrogen-bond acceptors (Lipinski definition) is 5. The van der Waals surface area contributed by atoms with Crippen LogP contribution in [0, 0.1) is 11.3 Å². The first-order chi connectivity index (χ1) is 8.29. The third-order valence-electron chi connectivity index (χ3n) is 2.38. The van der Waals surface area contributed by atoms with Gasteiger partial charge in [-0.1, -0.05) is 5.16 Å². The van der Waals surface area contributed by atoms with Gasteiger partial charge in [0.2, 0.25) is 0 Å². The molecule has 0 aliphatic carbocycles. The minimum Gasteiger partial charge on any atom is -0.398 e. The first-order valence-electron chi connectivity index (χ1n) is 5.18. The standard InChI is InChI=1S/C12H12N4O/c13-5-3-9-7-10(1-2-12(9)14)15-8-11-4-6-17-16-11/h1-2,4,6-7,15H,3,8,14H2. The normalized spacial score (nSPS) is 9.82. The van der Waals surface area contributed by atoms with E-state index in [1.54, 1.807) is 12.1 Å². The number of nitriles is 1. The molecule has 5 nitrogen and oxygen atoms in total. The molecule has 1 aromatic heterocycles. The third kappa shape index (κ3) is 2.75. The zero-order chi connectivity index (χ0) is 12.1. The Bertz CT molecular complexity index is 528. The fourth-order valence-electron chi connectivity index (χ4n) is 1.48. The lowest BCUT2D eigenvalue weighted by Gasteiger charge is -2.07. The Kier molecular flexibility index (Phi) is 3.26. The first-order valence-corrected chi connectivity index (χ1v) is 5.18. The number of nitrogen functional groups attached to an aromatic ring is 1. The lowest BCUT2D eigenvalue weighted by molar-refractivity contribution is 0.412. The second kappa shape index (κ2) is 5.03. The van der Waals surface area contributed by atoms with Crippen molar-refractivity contribution in [3.8, 4) is 6.07 Å². The van der Waals surface area contributed by atoms with Crippen molar-refractivity contribution in [3.05, 3.63) is 41.8 Å². The highest BCUT2D eigenvalue weighted by molar-refractivity contribution is 5.58. The van der Waals surface area contributed by atoms with Gasteiger partial charge in [0, 0.05) is 17.4 Å². The van der Waals surface area contributed by atoms with E-state index < -0.39 is 0 Å². The molecule has 0 bridgehead atoms. The van der Waals surface area contributed by atoms with Gasteiger partial charge in [-0.2, -0.15) is 5.26 Å². The Morgan fingerprint density at radius 1 is 1.41 bits per heavy atom. The van der Waals surface area contributed by atoms with E-state index in [0.717, 1.165) is 16.9 Å². The van der Waals surface area contributed by atoms with E-state index in [2.05, 4.69) is 16.5 Å². The van der Waals surface area contributed by atoms with E-state index in [-0.39, 0.29) is 0 Å². The van der Waals surface area contributed by atoms with Crippen LogP contribution in [0.25, 0.3) is 0 Å². The maximum absolute atomic E-state index is 8.67. The van der Waals surface area contributed by atoms with Crippen LogP contribution >= 0.6 is 0 Å². The smallest absolute Gasteiger partial charge is 0.124 e. The molecule has 17 heavy (non-hydrogen) atoms. The summed E-state index contributed by atoms with van der Waals surface area (Å²) in [6.45, 7) is 0.576. The molecule has 2 rings (SSSR count). The maximum atomic E-state index is 8.67. The van der Waals surface area contributed by atoms with Crippen LogP contribution in [0.3, 0.4) is 0 Å². The highest BCUT2D eigenvalue weighted by atomic mass is 16.5. The van der Waals surface area contributed by atoms with Crippen LogP contribution < -0.4 is 11.1 Å². The highest BCUT2D eigenvalue weighted by Crippen LogP contribution is 2.18. The predicted octanol–water partition coefficient (Wildman–Crippen LogP) is 1.93. The van der Waals surface area contributed by atoms with Crippen LogP contribution in [0.15, 0.2) is 35.1 Å². The molecule has 0 saturated carbocycles. The van der Waals surface area contributed by atoms with Crippen molar-refractivity contribution in [3.63, 3.8) is 0 Å². The SMILES string of the molecule is N#CCc1cc(NCc2ccon2)ccc1N. The molecule has 3 N–H and O–H groups in total. The Labute approximate surface area is 98.8 Å². The van der Waals surface area contributed by atoms with Gasteiger partial charge in [0.25, 0.3) is 0 Å². The fraction of sp³-hybridized carbons (Fsp3) is 0.167. The molecule has 0 fully saturated rings. The molecule has 1 aromatic carbocycles. The Morgan fingerprint density at radius 3 is 3.00 bits per heavy atom. The molecule has 2 aromatic rings. The van der Waals surface area contributed by atoms with E-state index in [9.17, 15) is 0 Å². The average Bonchev–Trinajstić information content (AvgIpc) is 2.83. The lowest BCUT2D eigenvalue weighted by atomic mass is 10.1. The maximum Gasteiger partial charge on any atom is 0.124 e. The van der Waals surface area contributed by atoms with Crippen molar-refractivity contribution >= 4 is 11.4 Å². The molecule has 0 atom stereocenters. The van der Waals surface area contributed by atoms with Crippen LogP contribution in [0.5, 0.6) is 0 Å². The van der Waals surface area contributed by atoms with Crippen molar-refractivity contribution < 1.29 is 4.52 Å². The molecule has 0 amide bonds. The van der Waals surface area contributed by atoms with Crippen molar-refractivity contribution in [2.24, 2.45) is 0 Å². The molecular formula is C12H12N4O. The second-order valence-corrected chi connectivity index (χ2v) is 3.59. The van der Waals surface area contributed by atoms with Crippen LogP contribution in [-0.4, -0.2) is 5.16 Å². The summed E-state index contributed by atoms with van der Waals surface area (Å²) >= 11 is 0. The average molecular weight is 228 g/mol. The number of nitrogens with zero attached hydrogens (tertiary/aromatic N) is 2. The van der Waals surface area contributed by atoms with E-state index in [1.165, 1.54) is 6.26 Å². The molecule has 0 saturated heterocycles. The lowest BCUT2D eigenvalue weighted by Crippen LogP contribution is -2.01. The Balaban J connectivity index is 2.06. The number of benzene rings is 1. The Morgan fingerprint density at radius 2 is 2.29 bits per heavy atom. The van der Waals surface area contributed by atoms with Gasteiger partial charge in [-0.15, -0.1) is 0 Å². The number of nitrogens with two attached hydrogens (primary N) is 1. The predicted molar refractivity (Wildman–Crippen MR) is 64.0 cm³/mol.